The molecule has 3 rings (SSSR count). The third-order valence-electron chi connectivity index (χ3n) is 4.36. The molecule has 1 N–H and O–H groups in total. The fourth-order valence-corrected chi connectivity index (χ4v) is 2.83. The quantitative estimate of drug-likeness (QED) is 0.643. The molecule has 5 nitrogen and oxygen atoms in total. The summed E-state index contributed by atoms with van der Waals surface area (Å²) in [7, 11) is 3.16. The van der Waals surface area contributed by atoms with E-state index in [0.717, 1.165) is 22.1 Å². The molecule has 6 heteroatoms. The van der Waals surface area contributed by atoms with Crippen LogP contribution in [0.1, 0.15) is 5.56 Å². The van der Waals surface area contributed by atoms with Crippen LogP contribution in [-0.2, 0) is 9.59 Å². The highest BCUT2D eigenvalue weighted by Gasteiger charge is 2.11. The van der Waals surface area contributed by atoms with Gasteiger partial charge in [-0.15, -0.1) is 0 Å². The molecular weight excluding hydrogens is 371 g/mol. The fourth-order valence-electron chi connectivity index (χ4n) is 2.83. The van der Waals surface area contributed by atoms with Crippen LogP contribution in [0.2, 0.25) is 0 Å². The number of rotatable bonds is 6. The van der Waals surface area contributed by atoms with Crippen LogP contribution in [0.25, 0.3) is 16.8 Å². The minimum atomic E-state index is -0.441. The van der Waals surface area contributed by atoms with Crippen LogP contribution >= 0.6 is 0 Å². The van der Waals surface area contributed by atoms with Gasteiger partial charge >= 0.3 is 0 Å². The van der Waals surface area contributed by atoms with Crippen molar-refractivity contribution in [3.05, 3.63) is 78.1 Å². The van der Waals surface area contributed by atoms with Gasteiger partial charge in [0.1, 0.15) is 11.6 Å². The zero-order chi connectivity index (χ0) is 20.8. The lowest BCUT2D eigenvalue weighted by Crippen LogP contribution is -2.33. The van der Waals surface area contributed by atoms with Crippen molar-refractivity contribution in [2.75, 3.05) is 26.0 Å². The summed E-state index contributed by atoms with van der Waals surface area (Å²) >= 11 is 0. The molecule has 0 fully saturated rings. The van der Waals surface area contributed by atoms with Crippen LogP contribution in [0.5, 0.6) is 5.75 Å². The van der Waals surface area contributed by atoms with E-state index in [9.17, 15) is 14.0 Å². The number of halogens is 1. The molecule has 0 aliphatic rings. The second-order valence-corrected chi connectivity index (χ2v) is 6.56. The lowest BCUT2D eigenvalue weighted by Gasteiger charge is -2.15. The van der Waals surface area contributed by atoms with Gasteiger partial charge in [0.25, 0.3) is 0 Å². The molecule has 0 spiro atoms. The highest BCUT2D eigenvalue weighted by atomic mass is 19.1. The highest BCUT2D eigenvalue weighted by molar-refractivity contribution is 5.98. The van der Waals surface area contributed by atoms with Gasteiger partial charge in [0, 0.05) is 18.8 Å². The summed E-state index contributed by atoms with van der Waals surface area (Å²) in [5, 5.41) is 4.64. The van der Waals surface area contributed by atoms with Crippen LogP contribution in [0.4, 0.5) is 10.1 Å². The summed E-state index contributed by atoms with van der Waals surface area (Å²) < 4.78 is 18.4. The molecule has 3 aromatic rings. The van der Waals surface area contributed by atoms with Gasteiger partial charge in [0.05, 0.1) is 13.7 Å². The molecule has 29 heavy (non-hydrogen) atoms. The number of nitrogens with zero attached hydrogens (tertiary/aromatic N) is 1. The molecule has 2 amide bonds. The van der Waals surface area contributed by atoms with Gasteiger partial charge in [0.15, 0.2) is 0 Å². The molecule has 0 heterocycles. The Morgan fingerprint density at radius 3 is 2.59 bits per heavy atom. The normalized spacial score (nSPS) is 10.9. The molecule has 0 saturated heterocycles. The van der Waals surface area contributed by atoms with Crippen LogP contribution < -0.4 is 10.1 Å². The van der Waals surface area contributed by atoms with E-state index in [0.29, 0.717) is 5.69 Å². The Morgan fingerprint density at radius 1 is 1.07 bits per heavy atom. The third kappa shape index (κ3) is 5.42. The largest absolute Gasteiger partial charge is 0.497 e. The highest BCUT2D eigenvalue weighted by Crippen LogP contribution is 2.22. The maximum atomic E-state index is 13.2. The Balaban J connectivity index is 1.60. The lowest BCUT2D eigenvalue weighted by atomic mass is 10.1. The standard InChI is InChI=1S/C23H21FN2O3/c1-26(15-22(27)25-20-5-3-4-19(24)14-20)23(28)11-7-16-6-8-18-13-21(29-2)10-9-17(18)12-16/h3-14H,15H2,1-2H3,(H,25,27)/b11-7+. The second-order valence-electron chi connectivity index (χ2n) is 6.56. The lowest BCUT2D eigenvalue weighted by molar-refractivity contribution is -0.129. The van der Waals surface area contributed by atoms with Gasteiger partial charge in [-0.25, -0.2) is 4.39 Å². The SMILES string of the molecule is COc1ccc2cc(/C=C/C(=O)N(C)CC(=O)Nc3cccc(F)c3)ccc2c1. The zero-order valence-corrected chi connectivity index (χ0v) is 16.2. The van der Waals surface area contributed by atoms with Crippen molar-refractivity contribution in [2.24, 2.45) is 0 Å². The monoisotopic (exact) mass is 392 g/mol. The number of anilines is 1. The average molecular weight is 392 g/mol. The smallest absolute Gasteiger partial charge is 0.246 e. The summed E-state index contributed by atoms with van der Waals surface area (Å²) in [5.41, 5.74) is 1.22. The number of benzene rings is 3. The Labute approximate surface area is 168 Å². The number of hydrogen-bond donors (Lipinski definition) is 1. The van der Waals surface area contributed by atoms with Gasteiger partial charge in [0.2, 0.25) is 11.8 Å². The minimum Gasteiger partial charge on any atom is -0.497 e. The van der Waals surface area contributed by atoms with E-state index in [4.69, 9.17) is 4.74 Å². The van der Waals surface area contributed by atoms with Crippen molar-refractivity contribution in [3.8, 4) is 5.75 Å². The predicted octanol–water partition coefficient (Wildman–Crippen LogP) is 4.10. The molecule has 148 valence electrons. The number of fused-ring (bicyclic) bond motifs is 1. The number of nitrogens with one attached hydrogen (secondary N) is 1. The molecule has 0 aliphatic heterocycles. The third-order valence-corrected chi connectivity index (χ3v) is 4.36. The van der Waals surface area contributed by atoms with E-state index < -0.39 is 11.7 Å². The van der Waals surface area contributed by atoms with Crippen molar-refractivity contribution in [1.82, 2.24) is 4.90 Å². The van der Waals surface area contributed by atoms with E-state index in [1.807, 2.05) is 36.4 Å². The molecule has 0 aromatic heterocycles. The topological polar surface area (TPSA) is 58.6 Å². The number of carbonyl (C=O) groups is 2. The Bertz CT molecular complexity index is 1080. The summed E-state index contributed by atoms with van der Waals surface area (Å²) in [4.78, 5) is 25.6. The van der Waals surface area contributed by atoms with Crippen molar-refractivity contribution in [2.45, 2.75) is 0 Å². The summed E-state index contributed by atoms with van der Waals surface area (Å²) in [6, 6.07) is 17.2. The van der Waals surface area contributed by atoms with Gasteiger partial charge < -0.3 is 15.0 Å². The number of amides is 2. The van der Waals surface area contributed by atoms with Crippen LogP contribution in [-0.4, -0.2) is 37.4 Å². The molecule has 0 radical (unpaired) electrons. The number of methoxy groups -OCH3 is 1. The van der Waals surface area contributed by atoms with Crippen LogP contribution in [0.15, 0.2) is 66.7 Å². The minimum absolute atomic E-state index is 0.142. The number of likely N-dealkylation sites (N-methyl/N-ethyl adjacent to an activating group) is 1. The van der Waals surface area contributed by atoms with E-state index >= 15 is 0 Å². The fraction of sp³-hybridized carbons (Fsp3) is 0.130. The summed E-state index contributed by atoms with van der Waals surface area (Å²) in [6.07, 6.45) is 3.12. The van der Waals surface area contributed by atoms with Gasteiger partial charge in [-0.3, -0.25) is 9.59 Å². The Hall–Kier alpha value is -3.67. The van der Waals surface area contributed by atoms with Crippen molar-refractivity contribution < 1.29 is 18.7 Å². The van der Waals surface area contributed by atoms with E-state index in [-0.39, 0.29) is 12.5 Å². The second kappa shape index (κ2) is 9.01. The van der Waals surface area contributed by atoms with E-state index in [1.54, 1.807) is 19.3 Å². The zero-order valence-electron chi connectivity index (χ0n) is 16.2. The number of ether oxygens (including phenoxy) is 1. The number of hydrogen-bond acceptors (Lipinski definition) is 3. The van der Waals surface area contributed by atoms with Crippen molar-refractivity contribution in [3.63, 3.8) is 0 Å². The average Bonchev–Trinajstić information content (AvgIpc) is 2.71. The molecule has 0 bridgehead atoms. The molecule has 0 unspecified atom stereocenters. The van der Waals surface area contributed by atoms with Crippen molar-refractivity contribution >= 4 is 34.4 Å². The molecule has 0 atom stereocenters. The maximum Gasteiger partial charge on any atom is 0.246 e. The summed E-state index contributed by atoms with van der Waals surface area (Å²) in [6.45, 7) is -0.142. The Kier molecular flexibility index (Phi) is 6.24. The first kappa shape index (κ1) is 20.1. The molecule has 0 aliphatic carbocycles. The first-order valence-electron chi connectivity index (χ1n) is 9.01. The van der Waals surface area contributed by atoms with Gasteiger partial charge in [-0.2, -0.15) is 0 Å². The number of carbonyl (C=O) groups excluding carboxylic acids is 2. The van der Waals surface area contributed by atoms with Crippen LogP contribution in [0.3, 0.4) is 0 Å². The first-order valence-corrected chi connectivity index (χ1v) is 9.01. The van der Waals surface area contributed by atoms with E-state index in [2.05, 4.69) is 5.32 Å². The summed E-state index contributed by atoms with van der Waals surface area (Å²) in [5.74, 6) is -0.369. The maximum absolute atomic E-state index is 13.2. The van der Waals surface area contributed by atoms with Gasteiger partial charge in [-0.05, 0) is 58.8 Å². The Morgan fingerprint density at radius 2 is 1.83 bits per heavy atom. The van der Waals surface area contributed by atoms with Crippen LogP contribution in [0, 0.1) is 5.82 Å². The van der Waals surface area contributed by atoms with E-state index in [1.165, 1.54) is 36.2 Å². The molecular formula is C23H21FN2O3. The van der Waals surface area contributed by atoms with Gasteiger partial charge in [-0.1, -0.05) is 24.3 Å². The predicted molar refractivity (Wildman–Crippen MR) is 112 cm³/mol. The first-order chi connectivity index (χ1) is 13.9. The van der Waals surface area contributed by atoms with Crippen molar-refractivity contribution in [1.29, 1.82) is 0 Å². The molecule has 3 aromatic carbocycles. The molecule has 0 saturated carbocycles.